The molecular weight excluding hydrogens is 316 g/mol. The van der Waals surface area contributed by atoms with Crippen molar-refractivity contribution >= 4 is 27.5 Å². The minimum atomic E-state index is 0.346. The van der Waals surface area contributed by atoms with Crippen molar-refractivity contribution in [1.82, 2.24) is 9.88 Å². The molecule has 24 heavy (non-hydrogen) atoms. The highest BCUT2D eigenvalue weighted by molar-refractivity contribution is 7.18. The normalized spacial score (nSPS) is 27.2. The number of aromatic nitrogens is 1. The number of para-hydroxylation sites is 1. The molecule has 1 aromatic carbocycles. The van der Waals surface area contributed by atoms with Gasteiger partial charge in [-0.05, 0) is 50.7 Å². The Labute approximate surface area is 148 Å². The summed E-state index contributed by atoms with van der Waals surface area (Å²) in [6.07, 6.45) is 9.04. The number of thiazole rings is 1. The number of carbonyl (C=O) groups excluding carboxylic acids is 1. The Morgan fingerprint density at radius 2 is 2.04 bits per heavy atom. The van der Waals surface area contributed by atoms with Gasteiger partial charge in [-0.2, -0.15) is 0 Å². The summed E-state index contributed by atoms with van der Waals surface area (Å²) < 4.78 is 1.22. The van der Waals surface area contributed by atoms with E-state index in [9.17, 15) is 4.79 Å². The topological polar surface area (TPSA) is 33.2 Å². The molecule has 1 saturated heterocycles. The molecule has 4 heteroatoms. The third kappa shape index (κ3) is 3.08. The molecule has 2 aromatic rings. The highest BCUT2D eigenvalue weighted by Gasteiger charge is 2.38. The molecule has 1 amide bonds. The maximum Gasteiger partial charge on any atom is 0.223 e. The van der Waals surface area contributed by atoms with Crippen LogP contribution in [0.5, 0.6) is 0 Å². The van der Waals surface area contributed by atoms with E-state index in [0.717, 1.165) is 22.9 Å². The minimum absolute atomic E-state index is 0.346. The second-order valence-electron chi connectivity index (χ2n) is 7.41. The van der Waals surface area contributed by atoms with E-state index < -0.39 is 0 Å². The van der Waals surface area contributed by atoms with Crippen molar-refractivity contribution in [1.29, 1.82) is 0 Å². The first-order valence-corrected chi connectivity index (χ1v) is 10.2. The molecule has 2 aliphatic rings. The zero-order valence-electron chi connectivity index (χ0n) is 14.4. The summed E-state index contributed by atoms with van der Waals surface area (Å²) in [5.74, 6) is 1.10. The Kier molecular flexibility index (Phi) is 4.57. The average Bonchev–Trinajstić information content (AvgIpc) is 3.02. The van der Waals surface area contributed by atoms with Gasteiger partial charge in [0, 0.05) is 24.9 Å². The van der Waals surface area contributed by atoms with Gasteiger partial charge in [0.1, 0.15) is 0 Å². The third-order valence-electron chi connectivity index (χ3n) is 5.84. The number of hydrogen-bond donors (Lipinski definition) is 0. The van der Waals surface area contributed by atoms with E-state index in [1.165, 1.54) is 43.2 Å². The Morgan fingerprint density at radius 3 is 2.92 bits per heavy atom. The van der Waals surface area contributed by atoms with E-state index in [0.29, 0.717) is 24.4 Å². The SMILES string of the molecule is CC1CCC2CCCCC2N1C(=O)CCc1nc2ccccc2s1. The number of amides is 1. The van der Waals surface area contributed by atoms with Gasteiger partial charge in [-0.15, -0.1) is 11.3 Å². The molecule has 0 N–H and O–H groups in total. The molecule has 1 aromatic heterocycles. The van der Waals surface area contributed by atoms with Crippen molar-refractivity contribution in [2.24, 2.45) is 5.92 Å². The Morgan fingerprint density at radius 1 is 1.21 bits per heavy atom. The molecule has 0 spiro atoms. The lowest BCUT2D eigenvalue weighted by Crippen LogP contribution is -2.53. The van der Waals surface area contributed by atoms with Crippen LogP contribution in [0.25, 0.3) is 10.2 Å². The molecule has 3 atom stereocenters. The molecule has 2 heterocycles. The van der Waals surface area contributed by atoms with Crippen LogP contribution in [0.2, 0.25) is 0 Å². The van der Waals surface area contributed by atoms with Gasteiger partial charge in [-0.25, -0.2) is 4.98 Å². The van der Waals surface area contributed by atoms with Crippen LogP contribution in [0.1, 0.15) is 56.9 Å². The highest BCUT2D eigenvalue weighted by atomic mass is 32.1. The maximum atomic E-state index is 13.0. The Hall–Kier alpha value is -1.42. The Balaban J connectivity index is 1.44. The molecule has 0 radical (unpaired) electrons. The number of benzene rings is 1. The lowest BCUT2D eigenvalue weighted by molar-refractivity contribution is -0.141. The summed E-state index contributed by atoms with van der Waals surface area (Å²) in [5.41, 5.74) is 1.06. The van der Waals surface area contributed by atoms with Crippen LogP contribution in [0.3, 0.4) is 0 Å². The van der Waals surface area contributed by atoms with Crippen LogP contribution in [-0.2, 0) is 11.2 Å². The number of aryl methyl sites for hydroxylation is 1. The zero-order valence-corrected chi connectivity index (χ0v) is 15.2. The fourth-order valence-electron chi connectivity index (χ4n) is 4.61. The van der Waals surface area contributed by atoms with Crippen LogP contribution in [0.4, 0.5) is 0 Å². The monoisotopic (exact) mass is 342 g/mol. The van der Waals surface area contributed by atoms with Crippen LogP contribution in [0.15, 0.2) is 24.3 Å². The number of rotatable bonds is 3. The van der Waals surface area contributed by atoms with Crippen LogP contribution >= 0.6 is 11.3 Å². The first kappa shape index (κ1) is 16.1. The van der Waals surface area contributed by atoms with Gasteiger partial charge < -0.3 is 4.90 Å². The highest BCUT2D eigenvalue weighted by Crippen LogP contribution is 2.38. The van der Waals surface area contributed by atoms with Crippen LogP contribution in [-0.4, -0.2) is 27.9 Å². The molecule has 128 valence electrons. The fourth-order valence-corrected chi connectivity index (χ4v) is 5.58. The zero-order chi connectivity index (χ0) is 16.5. The second-order valence-corrected chi connectivity index (χ2v) is 8.53. The van der Waals surface area contributed by atoms with E-state index >= 15 is 0 Å². The number of fused-ring (bicyclic) bond motifs is 2. The molecule has 3 unspecified atom stereocenters. The molecule has 1 saturated carbocycles. The molecule has 4 rings (SSSR count). The van der Waals surface area contributed by atoms with Crippen LogP contribution in [0, 0.1) is 5.92 Å². The van der Waals surface area contributed by atoms with Gasteiger partial charge in [-0.1, -0.05) is 25.0 Å². The van der Waals surface area contributed by atoms with Gasteiger partial charge in [0.2, 0.25) is 5.91 Å². The van der Waals surface area contributed by atoms with Gasteiger partial charge >= 0.3 is 0 Å². The maximum absolute atomic E-state index is 13.0. The minimum Gasteiger partial charge on any atom is -0.337 e. The average molecular weight is 343 g/mol. The number of carbonyl (C=O) groups is 1. The second kappa shape index (κ2) is 6.83. The van der Waals surface area contributed by atoms with E-state index in [4.69, 9.17) is 0 Å². The van der Waals surface area contributed by atoms with E-state index in [-0.39, 0.29) is 0 Å². The third-order valence-corrected chi connectivity index (χ3v) is 6.93. The van der Waals surface area contributed by atoms with E-state index in [1.807, 2.05) is 12.1 Å². The van der Waals surface area contributed by atoms with Gasteiger partial charge in [0.05, 0.1) is 15.2 Å². The Bertz CT molecular complexity index is 692. The molecule has 1 aliphatic heterocycles. The van der Waals surface area contributed by atoms with E-state index in [1.54, 1.807) is 11.3 Å². The van der Waals surface area contributed by atoms with Crippen molar-refractivity contribution in [3.63, 3.8) is 0 Å². The first-order valence-electron chi connectivity index (χ1n) is 9.38. The van der Waals surface area contributed by atoms with E-state index in [2.05, 4.69) is 28.9 Å². The predicted octanol–water partition coefficient (Wildman–Crippen LogP) is 4.80. The largest absolute Gasteiger partial charge is 0.337 e. The summed E-state index contributed by atoms with van der Waals surface area (Å²) in [7, 11) is 0. The standard InChI is InChI=1S/C20H26N2OS/c1-14-10-11-15-6-2-4-8-17(15)22(14)20(23)13-12-19-21-16-7-3-5-9-18(16)24-19/h3,5,7,9,14-15,17H,2,4,6,8,10-13H2,1H3. The number of hydrogen-bond acceptors (Lipinski definition) is 3. The van der Waals surface area contributed by atoms with Crippen molar-refractivity contribution in [3.05, 3.63) is 29.3 Å². The lowest BCUT2D eigenvalue weighted by atomic mass is 9.76. The van der Waals surface area contributed by atoms with Crippen molar-refractivity contribution in [2.75, 3.05) is 0 Å². The molecule has 2 fully saturated rings. The lowest BCUT2D eigenvalue weighted by Gasteiger charge is -2.47. The summed E-state index contributed by atoms with van der Waals surface area (Å²) >= 11 is 1.73. The van der Waals surface area contributed by atoms with Gasteiger partial charge in [-0.3, -0.25) is 4.79 Å². The number of nitrogens with zero attached hydrogens (tertiary/aromatic N) is 2. The van der Waals surface area contributed by atoms with Crippen molar-refractivity contribution in [2.45, 2.75) is 70.4 Å². The van der Waals surface area contributed by atoms with Gasteiger partial charge in [0.15, 0.2) is 0 Å². The summed E-state index contributed by atoms with van der Waals surface area (Å²) in [4.78, 5) is 19.9. The number of piperidine rings is 1. The fraction of sp³-hybridized carbons (Fsp3) is 0.600. The van der Waals surface area contributed by atoms with Crippen LogP contribution < -0.4 is 0 Å². The predicted molar refractivity (Wildman–Crippen MR) is 99.2 cm³/mol. The van der Waals surface area contributed by atoms with Gasteiger partial charge in [0.25, 0.3) is 0 Å². The number of likely N-dealkylation sites (tertiary alicyclic amines) is 1. The quantitative estimate of drug-likeness (QED) is 0.803. The summed E-state index contributed by atoms with van der Waals surface area (Å²) in [6.45, 7) is 2.24. The molecule has 3 nitrogen and oxygen atoms in total. The molecule has 0 bridgehead atoms. The summed E-state index contributed by atoms with van der Waals surface area (Å²) in [6, 6.07) is 9.15. The van der Waals surface area contributed by atoms with Crippen molar-refractivity contribution in [3.8, 4) is 0 Å². The van der Waals surface area contributed by atoms with Crippen molar-refractivity contribution < 1.29 is 4.79 Å². The first-order chi connectivity index (χ1) is 11.7. The molecular formula is C20H26N2OS. The smallest absolute Gasteiger partial charge is 0.223 e. The summed E-state index contributed by atoms with van der Waals surface area (Å²) in [5, 5.41) is 1.09. The molecule has 1 aliphatic carbocycles.